The summed E-state index contributed by atoms with van der Waals surface area (Å²) in [4.78, 5) is 39.2. The number of amides is 1. The number of aromatic nitrogens is 4. The van der Waals surface area contributed by atoms with Gasteiger partial charge in [-0.25, -0.2) is 14.6 Å². The molecule has 1 aliphatic heterocycles. The van der Waals surface area contributed by atoms with Crippen molar-refractivity contribution in [3.8, 4) is 0 Å². The summed E-state index contributed by atoms with van der Waals surface area (Å²) < 4.78 is 1.25. The Morgan fingerprint density at radius 2 is 1.90 bits per heavy atom. The van der Waals surface area contributed by atoms with Gasteiger partial charge in [0, 0.05) is 37.8 Å². The van der Waals surface area contributed by atoms with E-state index in [1.54, 1.807) is 34.7 Å². The molecule has 4 heterocycles. The highest BCUT2D eigenvalue weighted by atomic mass is 32.1. The molecule has 0 spiro atoms. The van der Waals surface area contributed by atoms with E-state index in [0.29, 0.717) is 31.6 Å². The summed E-state index contributed by atoms with van der Waals surface area (Å²) in [5, 5.41) is 6.44. The van der Waals surface area contributed by atoms with Crippen molar-refractivity contribution >= 4 is 43.5 Å². The molecular formula is C20H18N6O2S. The zero-order valence-corrected chi connectivity index (χ0v) is 16.4. The second kappa shape index (κ2) is 7.25. The Morgan fingerprint density at radius 3 is 2.72 bits per heavy atom. The first-order chi connectivity index (χ1) is 14.2. The molecule has 1 amide bonds. The molecule has 9 heteroatoms. The van der Waals surface area contributed by atoms with Crippen LogP contribution >= 0.6 is 11.3 Å². The average Bonchev–Trinajstić information content (AvgIpc) is 3.20. The summed E-state index contributed by atoms with van der Waals surface area (Å²) in [6.45, 7) is 2.53. The molecule has 1 aromatic carbocycles. The van der Waals surface area contributed by atoms with Crippen molar-refractivity contribution in [2.45, 2.75) is 6.54 Å². The number of pyridine rings is 1. The highest BCUT2D eigenvalue weighted by molar-refractivity contribution is 7.21. The molecular weight excluding hydrogens is 388 g/mol. The van der Waals surface area contributed by atoms with E-state index in [4.69, 9.17) is 0 Å². The van der Waals surface area contributed by atoms with Crippen molar-refractivity contribution in [2.75, 3.05) is 31.1 Å². The van der Waals surface area contributed by atoms with Gasteiger partial charge in [-0.15, -0.1) is 0 Å². The average molecular weight is 406 g/mol. The third-order valence-electron chi connectivity index (χ3n) is 5.10. The Morgan fingerprint density at radius 1 is 1.07 bits per heavy atom. The third-order valence-corrected chi connectivity index (χ3v) is 6.14. The Hall–Kier alpha value is -3.33. The zero-order valence-electron chi connectivity index (χ0n) is 15.6. The monoisotopic (exact) mass is 406 g/mol. The number of carbonyl (C=O) groups is 1. The second-order valence-electron chi connectivity index (χ2n) is 6.89. The molecule has 29 heavy (non-hydrogen) atoms. The zero-order chi connectivity index (χ0) is 19.8. The number of anilines is 1. The molecule has 1 saturated heterocycles. The number of fused-ring (bicyclic) bond motifs is 2. The van der Waals surface area contributed by atoms with Gasteiger partial charge in [0.1, 0.15) is 16.9 Å². The quantitative estimate of drug-likeness (QED) is 0.515. The number of piperazine rings is 1. The van der Waals surface area contributed by atoms with Gasteiger partial charge in [-0.2, -0.15) is 5.10 Å². The van der Waals surface area contributed by atoms with Gasteiger partial charge in [0.05, 0.1) is 11.6 Å². The van der Waals surface area contributed by atoms with Crippen LogP contribution in [0.15, 0.2) is 53.6 Å². The van der Waals surface area contributed by atoms with Gasteiger partial charge in [0.15, 0.2) is 5.13 Å². The molecule has 146 valence electrons. The molecule has 4 aromatic rings. The maximum atomic E-state index is 12.7. The van der Waals surface area contributed by atoms with Crippen LogP contribution in [0.4, 0.5) is 5.13 Å². The van der Waals surface area contributed by atoms with Crippen LogP contribution in [0.25, 0.3) is 21.1 Å². The van der Waals surface area contributed by atoms with Gasteiger partial charge in [0.25, 0.3) is 5.56 Å². The number of benzene rings is 1. The van der Waals surface area contributed by atoms with Gasteiger partial charge < -0.3 is 9.80 Å². The SMILES string of the molecule is O=C(Cn1ncc2ccccc2c1=O)N1CCN(c2nc3cccnc3s2)CC1. The number of rotatable bonds is 3. The maximum Gasteiger partial charge on any atom is 0.275 e. The number of hydrogen-bond acceptors (Lipinski definition) is 7. The lowest BCUT2D eigenvalue weighted by Gasteiger charge is -2.34. The molecule has 1 aliphatic rings. The standard InChI is InChI=1S/C20H18N6O2S/c27-17(13-26-19(28)15-5-2-1-4-14(15)12-22-26)24-8-10-25(11-9-24)20-23-16-6-3-7-21-18(16)29-20/h1-7,12H,8-11,13H2. The molecule has 0 unspecified atom stereocenters. The molecule has 5 rings (SSSR count). The molecule has 0 N–H and O–H groups in total. The predicted molar refractivity (Wildman–Crippen MR) is 112 cm³/mol. The Balaban J connectivity index is 1.27. The van der Waals surface area contributed by atoms with Crippen LogP contribution in [-0.4, -0.2) is 56.7 Å². The number of hydrogen-bond donors (Lipinski definition) is 0. The van der Waals surface area contributed by atoms with E-state index in [1.165, 1.54) is 4.68 Å². The predicted octanol–water partition coefficient (Wildman–Crippen LogP) is 1.75. The second-order valence-corrected chi connectivity index (χ2v) is 7.84. The van der Waals surface area contributed by atoms with Gasteiger partial charge >= 0.3 is 0 Å². The normalized spacial score (nSPS) is 14.6. The first-order valence-corrected chi connectivity index (χ1v) is 10.2. The number of carbonyl (C=O) groups excluding carboxylic acids is 1. The molecule has 8 nitrogen and oxygen atoms in total. The summed E-state index contributed by atoms with van der Waals surface area (Å²) in [5.41, 5.74) is 0.657. The highest BCUT2D eigenvalue weighted by Gasteiger charge is 2.24. The Labute approximate surface area is 170 Å². The fourth-order valence-electron chi connectivity index (χ4n) is 3.51. The lowest BCUT2D eigenvalue weighted by Crippen LogP contribution is -2.50. The fraction of sp³-hybridized carbons (Fsp3) is 0.250. The van der Waals surface area contributed by atoms with E-state index in [2.05, 4.69) is 20.0 Å². The van der Waals surface area contributed by atoms with Crippen LogP contribution in [0.5, 0.6) is 0 Å². The van der Waals surface area contributed by atoms with Crippen molar-refractivity contribution in [3.05, 3.63) is 59.1 Å². The summed E-state index contributed by atoms with van der Waals surface area (Å²) in [6.07, 6.45) is 3.40. The highest BCUT2D eigenvalue weighted by Crippen LogP contribution is 2.27. The van der Waals surface area contributed by atoms with Crippen LogP contribution in [-0.2, 0) is 11.3 Å². The third kappa shape index (κ3) is 3.33. The summed E-state index contributed by atoms with van der Waals surface area (Å²) in [5.74, 6) is -0.0968. The van der Waals surface area contributed by atoms with E-state index in [1.807, 2.05) is 30.3 Å². The van der Waals surface area contributed by atoms with Gasteiger partial charge in [0.2, 0.25) is 5.91 Å². The summed E-state index contributed by atoms with van der Waals surface area (Å²) in [6, 6.07) is 11.1. The molecule has 3 aromatic heterocycles. The Kier molecular flexibility index (Phi) is 4.44. The minimum atomic E-state index is -0.239. The fourth-order valence-corrected chi connectivity index (χ4v) is 4.47. The first kappa shape index (κ1) is 17.7. The first-order valence-electron chi connectivity index (χ1n) is 9.38. The van der Waals surface area contributed by atoms with Gasteiger partial charge in [-0.1, -0.05) is 29.5 Å². The molecule has 1 fully saturated rings. The Bertz CT molecular complexity index is 1230. The topological polar surface area (TPSA) is 84.2 Å². The minimum absolute atomic E-state index is 0.0469. The van der Waals surface area contributed by atoms with Crippen molar-refractivity contribution in [1.82, 2.24) is 24.6 Å². The van der Waals surface area contributed by atoms with Crippen molar-refractivity contribution in [3.63, 3.8) is 0 Å². The van der Waals surface area contributed by atoms with Crippen LogP contribution in [0, 0.1) is 0 Å². The van der Waals surface area contributed by atoms with E-state index in [-0.39, 0.29) is 18.0 Å². The van der Waals surface area contributed by atoms with Crippen LogP contribution in [0.2, 0.25) is 0 Å². The van der Waals surface area contributed by atoms with Gasteiger partial charge in [-0.3, -0.25) is 9.59 Å². The van der Waals surface area contributed by atoms with E-state index < -0.39 is 0 Å². The van der Waals surface area contributed by atoms with E-state index in [0.717, 1.165) is 20.9 Å². The van der Waals surface area contributed by atoms with Crippen molar-refractivity contribution < 1.29 is 4.79 Å². The molecule has 0 saturated carbocycles. The summed E-state index contributed by atoms with van der Waals surface area (Å²) in [7, 11) is 0. The maximum absolute atomic E-state index is 12.7. The van der Waals surface area contributed by atoms with Crippen LogP contribution < -0.4 is 10.5 Å². The smallest absolute Gasteiger partial charge is 0.275 e. The largest absolute Gasteiger partial charge is 0.344 e. The number of nitrogens with zero attached hydrogens (tertiary/aromatic N) is 6. The minimum Gasteiger partial charge on any atom is -0.344 e. The molecule has 0 atom stereocenters. The molecule has 0 radical (unpaired) electrons. The van der Waals surface area contributed by atoms with Crippen molar-refractivity contribution in [1.29, 1.82) is 0 Å². The van der Waals surface area contributed by atoms with Crippen LogP contribution in [0.3, 0.4) is 0 Å². The van der Waals surface area contributed by atoms with E-state index >= 15 is 0 Å². The molecule has 0 aliphatic carbocycles. The lowest BCUT2D eigenvalue weighted by molar-refractivity contribution is -0.132. The van der Waals surface area contributed by atoms with Crippen molar-refractivity contribution in [2.24, 2.45) is 0 Å². The van der Waals surface area contributed by atoms with E-state index in [9.17, 15) is 9.59 Å². The molecule has 0 bridgehead atoms. The lowest BCUT2D eigenvalue weighted by atomic mass is 10.2. The number of thiazole rings is 1. The van der Waals surface area contributed by atoms with Crippen LogP contribution in [0.1, 0.15) is 0 Å². The van der Waals surface area contributed by atoms with Gasteiger partial charge in [-0.05, 0) is 18.2 Å². The summed E-state index contributed by atoms with van der Waals surface area (Å²) >= 11 is 1.56.